The van der Waals surface area contributed by atoms with Gasteiger partial charge in [-0.2, -0.15) is 0 Å². The molecule has 5 heteroatoms. The van der Waals surface area contributed by atoms with E-state index in [1.807, 2.05) is 63.8 Å². The highest BCUT2D eigenvalue weighted by atomic mass is 32.1. The molecule has 0 amide bonds. The number of amidine groups is 1. The number of aliphatic hydroxyl groups is 1. The zero-order valence-corrected chi connectivity index (χ0v) is 16.2. The zero-order valence-electron chi connectivity index (χ0n) is 15.4. The first kappa shape index (κ1) is 17.8. The van der Waals surface area contributed by atoms with E-state index in [0.29, 0.717) is 24.4 Å². The third kappa shape index (κ3) is 2.62. The maximum atomic E-state index is 12.9. The monoisotopic (exact) mass is 356 g/mol. The molecule has 1 N–H and O–H groups in total. The number of aryl methyl sites for hydroxylation is 2. The first-order chi connectivity index (χ1) is 11.9. The number of anilines is 1. The zero-order chi connectivity index (χ0) is 18.4. The van der Waals surface area contributed by atoms with Gasteiger partial charge in [-0.05, 0) is 38.5 Å². The number of carbonyl (C=O) groups excluding carboxylic acids is 1. The lowest BCUT2D eigenvalue weighted by atomic mass is 9.88. The summed E-state index contributed by atoms with van der Waals surface area (Å²) in [5, 5.41) is 11.8. The fourth-order valence-corrected chi connectivity index (χ4v) is 4.34. The van der Waals surface area contributed by atoms with Gasteiger partial charge in [-0.1, -0.05) is 31.5 Å². The molecule has 0 spiro atoms. The van der Waals surface area contributed by atoms with E-state index in [2.05, 4.69) is 4.99 Å². The predicted molar refractivity (Wildman–Crippen MR) is 105 cm³/mol. The number of Topliss-reactive ketones (excluding diaryl/α,β-unsaturated/α-hetero) is 1. The smallest absolute Gasteiger partial charge is 0.205 e. The highest BCUT2D eigenvalue weighted by Crippen LogP contribution is 2.45. The van der Waals surface area contributed by atoms with Crippen LogP contribution >= 0.6 is 11.3 Å². The minimum atomic E-state index is -1.49. The topological polar surface area (TPSA) is 52.9 Å². The lowest BCUT2D eigenvalue weighted by Crippen LogP contribution is -2.48. The first-order valence-electron chi connectivity index (χ1n) is 8.72. The number of nitrogens with zero attached hydrogens (tertiary/aromatic N) is 2. The van der Waals surface area contributed by atoms with Crippen LogP contribution in [0, 0.1) is 20.8 Å². The van der Waals surface area contributed by atoms with E-state index in [9.17, 15) is 9.90 Å². The third-order valence-corrected chi connectivity index (χ3v) is 5.95. The molecule has 0 radical (unpaired) electrons. The second kappa shape index (κ2) is 6.39. The van der Waals surface area contributed by atoms with Gasteiger partial charge in [0.15, 0.2) is 11.4 Å². The minimum absolute atomic E-state index is 0.200. The summed E-state index contributed by atoms with van der Waals surface area (Å²) in [5.74, 6) is 0.272. The van der Waals surface area contributed by atoms with Crippen molar-refractivity contribution in [2.24, 2.45) is 4.99 Å². The van der Waals surface area contributed by atoms with E-state index < -0.39 is 5.60 Å². The van der Waals surface area contributed by atoms with Crippen LogP contribution in [-0.2, 0) is 0 Å². The molecule has 1 saturated heterocycles. The van der Waals surface area contributed by atoms with Gasteiger partial charge in [0.25, 0.3) is 0 Å². The summed E-state index contributed by atoms with van der Waals surface area (Å²) in [7, 11) is 0. The number of fused-ring (bicyclic) bond motifs is 2. The Balaban J connectivity index is 0.000000880. The Hall–Kier alpha value is -1.98. The fraction of sp³-hybridized carbons (Fsp3) is 0.400. The van der Waals surface area contributed by atoms with Gasteiger partial charge in [0.1, 0.15) is 5.00 Å². The predicted octanol–water partition coefficient (Wildman–Crippen LogP) is 4.57. The van der Waals surface area contributed by atoms with E-state index in [-0.39, 0.29) is 5.78 Å². The van der Waals surface area contributed by atoms with Crippen molar-refractivity contribution in [2.45, 2.75) is 46.6 Å². The Morgan fingerprint density at radius 1 is 1.16 bits per heavy atom. The molecule has 3 heterocycles. The van der Waals surface area contributed by atoms with E-state index in [1.54, 1.807) is 0 Å². The highest BCUT2D eigenvalue weighted by Gasteiger charge is 2.53. The molecule has 4 rings (SSSR count). The number of benzene rings is 1. The number of hydrogen-bond donors (Lipinski definition) is 1. The van der Waals surface area contributed by atoms with Gasteiger partial charge in [-0.3, -0.25) is 4.79 Å². The number of hydrogen-bond acceptors (Lipinski definition) is 5. The van der Waals surface area contributed by atoms with E-state index in [0.717, 1.165) is 21.1 Å². The van der Waals surface area contributed by atoms with E-state index in [4.69, 9.17) is 0 Å². The molecule has 1 atom stereocenters. The van der Waals surface area contributed by atoms with Crippen molar-refractivity contribution in [1.82, 2.24) is 0 Å². The molecular formula is C20H24N2O2S. The third-order valence-electron chi connectivity index (χ3n) is 4.85. The summed E-state index contributed by atoms with van der Waals surface area (Å²) >= 11 is 1.52. The molecular weight excluding hydrogens is 332 g/mol. The van der Waals surface area contributed by atoms with Crippen LogP contribution in [0.3, 0.4) is 0 Å². The van der Waals surface area contributed by atoms with E-state index in [1.165, 1.54) is 16.9 Å². The average Bonchev–Trinajstić information content (AvgIpc) is 3.09. The lowest BCUT2D eigenvalue weighted by molar-refractivity contribution is 0.0602. The molecule has 1 aromatic heterocycles. The van der Waals surface area contributed by atoms with Crippen molar-refractivity contribution >= 4 is 33.6 Å². The molecule has 4 nitrogen and oxygen atoms in total. The molecule has 2 aliphatic rings. The van der Waals surface area contributed by atoms with Crippen molar-refractivity contribution < 1.29 is 9.90 Å². The van der Waals surface area contributed by atoms with Crippen LogP contribution in [0.5, 0.6) is 0 Å². The summed E-state index contributed by atoms with van der Waals surface area (Å²) < 4.78 is 0. The summed E-state index contributed by atoms with van der Waals surface area (Å²) in [6, 6.07) is 8.08. The van der Waals surface area contributed by atoms with Crippen molar-refractivity contribution in [3.8, 4) is 0 Å². The Bertz CT molecular complexity index is 851. The van der Waals surface area contributed by atoms with Gasteiger partial charge >= 0.3 is 0 Å². The minimum Gasteiger partial charge on any atom is -0.374 e. The molecule has 0 aliphatic carbocycles. The van der Waals surface area contributed by atoms with Crippen LogP contribution in [0.4, 0.5) is 10.7 Å². The molecule has 0 saturated carbocycles. The average molecular weight is 356 g/mol. The fourth-order valence-electron chi connectivity index (χ4n) is 3.32. The lowest BCUT2D eigenvalue weighted by Gasteiger charge is -2.28. The van der Waals surface area contributed by atoms with Crippen LogP contribution in [0.2, 0.25) is 0 Å². The maximum Gasteiger partial charge on any atom is 0.205 e. The van der Waals surface area contributed by atoms with E-state index >= 15 is 0 Å². The molecule has 2 aromatic rings. The SMILES string of the molecule is CC.Cc1ccc(N2CCC3(O)C(=O)c4c(sc(C)c4C)N=C23)cc1. The Labute approximate surface area is 152 Å². The highest BCUT2D eigenvalue weighted by molar-refractivity contribution is 7.16. The second-order valence-electron chi connectivity index (χ2n) is 6.33. The first-order valence-corrected chi connectivity index (χ1v) is 9.54. The van der Waals surface area contributed by atoms with Gasteiger partial charge in [0.05, 0.1) is 5.56 Å². The van der Waals surface area contributed by atoms with Crippen molar-refractivity contribution in [3.05, 3.63) is 45.8 Å². The van der Waals surface area contributed by atoms with Gasteiger partial charge in [0, 0.05) is 23.5 Å². The number of thiophene rings is 1. The molecule has 0 bridgehead atoms. The Morgan fingerprint density at radius 2 is 1.80 bits per heavy atom. The van der Waals surface area contributed by atoms with Gasteiger partial charge in [-0.25, -0.2) is 4.99 Å². The Morgan fingerprint density at radius 3 is 2.44 bits per heavy atom. The van der Waals surface area contributed by atoms with Gasteiger partial charge < -0.3 is 10.0 Å². The summed E-state index contributed by atoms with van der Waals surface area (Å²) in [6.07, 6.45) is 0.381. The molecule has 2 aliphatic heterocycles. The van der Waals surface area contributed by atoms with Crippen molar-refractivity contribution in [1.29, 1.82) is 0 Å². The van der Waals surface area contributed by atoms with Crippen molar-refractivity contribution in [2.75, 3.05) is 11.4 Å². The molecule has 1 aromatic carbocycles. The largest absolute Gasteiger partial charge is 0.374 e. The second-order valence-corrected chi connectivity index (χ2v) is 7.53. The van der Waals surface area contributed by atoms with Crippen LogP contribution in [0.1, 0.15) is 46.6 Å². The standard InChI is InChI=1S/C18H18N2O2S.C2H6/c1-10-4-6-13(7-5-10)20-9-8-18(22)15(21)14-11(2)12(3)23-16(14)19-17(18)20;1-2/h4-7,22H,8-9H2,1-3H3;1-2H3. The molecule has 25 heavy (non-hydrogen) atoms. The number of aliphatic imine (C=N–C) groups is 1. The summed E-state index contributed by atoms with van der Waals surface area (Å²) in [4.78, 5) is 20.7. The summed E-state index contributed by atoms with van der Waals surface area (Å²) in [6.45, 7) is 10.6. The number of carbonyl (C=O) groups is 1. The van der Waals surface area contributed by atoms with Gasteiger partial charge in [-0.15, -0.1) is 11.3 Å². The van der Waals surface area contributed by atoms with Crippen LogP contribution < -0.4 is 4.90 Å². The van der Waals surface area contributed by atoms with Gasteiger partial charge in [0.2, 0.25) is 5.78 Å². The number of ketones is 1. The maximum absolute atomic E-state index is 12.9. The normalized spacial score (nSPS) is 21.3. The van der Waals surface area contributed by atoms with Crippen LogP contribution in [-0.4, -0.2) is 28.9 Å². The summed E-state index contributed by atoms with van der Waals surface area (Å²) in [5.41, 5.74) is 2.20. The quantitative estimate of drug-likeness (QED) is 0.814. The van der Waals surface area contributed by atoms with Crippen molar-refractivity contribution in [3.63, 3.8) is 0 Å². The molecule has 1 fully saturated rings. The molecule has 132 valence electrons. The Kier molecular flexibility index (Phi) is 4.56. The van der Waals surface area contributed by atoms with Crippen LogP contribution in [0.25, 0.3) is 0 Å². The number of rotatable bonds is 1. The van der Waals surface area contributed by atoms with Crippen LogP contribution in [0.15, 0.2) is 29.3 Å². The molecule has 1 unspecified atom stereocenters.